The highest BCUT2D eigenvalue weighted by molar-refractivity contribution is 6.33. The first-order valence-corrected chi connectivity index (χ1v) is 6.00. The zero-order valence-corrected chi connectivity index (χ0v) is 11.0. The summed E-state index contributed by atoms with van der Waals surface area (Å²) in [6, 6.07) is 1.27. The van der Waals surface area contributed by atoms with Gasteiger partial charge in [-0.1, -0.05) is 25.4 Å². The standard InChI is InChI=1S/C11H16ClN3O3/c1-7(2)10(3-4-16)14-11-9(12)5-8(6-13-11)15(17)18/h5-7,10,16H,3-4H2,1-2H3,(H,13,14). The molecule has 1 aromatic rings. The van der Waals surface area contributed by atoms with Crippen LogP contribution in [0, 0.1) is 16.0 Å². The van der Waals surface area contributed by atoms with Crippen LogP contribution in [0.3, 0.4) is 0 Å². The fraction of sp³-hybridized carbons (Fsp3) is 0.545. The van der Waals surface area contributed by atoms with E-state index in [-0.39, 0.29) is 29.3 Å². The summed E-state index contributed by atoms with van der Waals surface area (Å²) in [5.41, 5.74) is -0.145. The second-order valence-electron chi connectivity index (χ2n) is 4.29. The van der Waals surface area contributed by atoms with Crippen LogP contribution in [0.1, 0.15) is 20.3 Å². The van der Waals surface area contributed by atoms with Gasteiger partial charge in [-0.15, -0.1) is 0 Å². The van der Waals surface area contributed by atoms with E-state index in [0.29, 0.717) is 12.2 Å². The van der Waals surface area contributed by atoms with Crippen molar-refractivity contribution >= 4 is 23.1 Å². The Bertz CT molecular complexity index is 426. The van der Waals surface area contributed by atoms with Crippen LogP contribution < -0.4 is 5.32 Å². The van der Waals surface area contributed by atoms with Crippen molar-refractivity contribution in [1.29, 1.82) is 0 Å². The number of anilines is 1. The number of rotatable bonds is 6. The molecule has 1 aromatic heterocycles. The molecule has 0 bridgehead atoms. The fourth-order valence-corrected chi connectivity index (χ4v) is 1.74. The third-order valence-electron chi connectivity index (χ3n) is 2.60. The molecule has 1 heterocycles. The maximum Gasteiger partial charge on any atom is 0.289 e. The van der Waals surface area contributed by atoms with Gasteiger partial charge in [0.25, 0.3) is 5.69 Å². The summed E-state index contributed by atoms with van der Waals surface area (Å²) < 4.78 is 0. The number of halogens is 1. The summed E-state index contributed by atoms with van der Waals surface area (Å²) in [7, 11) is 0. The van der Waals surface area contributed by atoms with Crippen LogP contribution in [0.15, 0.2) is 12.3 Å². The molecular formula is C11H16ClN3O3. The number of aromatic nitrogens is 1. The lowest BCUT2D eigenvalue weighted by atomic mass is 10.0. The molecule has 1 atom stereocenters. The zero-order chi connectivity index (χ0) is 13.7. The molecule has 0 saturated heterocycles. The lowest BCUT2D eigenvalue weighted by Gasteiger charge is -2.22. The Morgan fingerprint density at radius 1 is 1.61 bits per heavy atom. The van der Waals surface area contributed by atoms with Gasteiger partial charge >= 0.3 is 0 Å². The van der Waals surface area contributed by atoms with E-state index in [1.54, 1.807) is 0 Å². The van der Waals surface area contributed by atoms with E-state index in [9.17, 15) is 10.1 Å². The molecule has 1 unspecified atom stereocenters. The number of aliphatic hydroxyl groups is 1. The van der Waals surface area contributed by atoms with Crippen LogP contribution in [0.2, 0.25) is 5.02 Å². The second-order valence-corrected chi connectivity index (χ2v) is 4.70. The van der Waals surface area contributed by atoms with Crippen molar-refractivity contribution in [3.8, 4) is 0 Å². The summed E-state index contributed by atoms with van der Waals surface area (Å²) in [5.74, 6) is 0.680. The predicted molar refractivity (Wildman–Crippen MR) is 69.9 cm³/mol. The van der Waals surface area contributed by atoms with E-state index in [0.717, 1.165) is 6.20 Å². The first-order valence-electron chi connectivity index (χ1n) is 5.63. The van der Waals surface area contributed by atoms with E-state index in [2.05, 4.69) is 10.3 Å². The van der Waals surface area contributed by atoms with Crippen molar-refractivity contribution < 1.29 is 10.0 Å². The van der Waals surface area contributed by atoms with Crippen molar-refractivity contribution in [1.82, 2.24) is 4.98 Å². The van der Waals surface area contributed by atoms with Gasteiger partial charge in [-0.2, -0.15) is 0 Å². The van der Waals surface area contributed by atoms with Gasteiger partial charge < -0.3 is 10.4 Å². The van der Waals surface area contributed by atoms with Crippen LogP contribution in [0.25, 0.3) is 0 Å². The minimum absolute atomic E-state index is 0.0152. The molecule has 0 spiro atoms. The van der Waals surface area contributed by atoms with Crippen LogP contribution in [0.5, 0.6) is 0 Å². The number of nitrogens with zero attached hydrogens (tertiary/aromatic N) is 2. The van der Waals surface area contributed by atoms with Gasteiger partial charge in [0, 0.05) is 18.7 Å². The van der Waals surface area contributed by atoms with Gasteiger partial charge in [0.2, 0.25) is 0 Å². The monoisotopic (exact) mass is 273 g/mol. The maximum atomic E-state index is 10.6. The summed E-state index contributed by atoms with van der Waals surface area (Å²) in [5, 5.41) is 22.8. The molecule has 0 amide bonds. The zero-order valence-electron chi connectivity index (χ0n) is 10.3. The molecule has 1 rings (SSSR count). The van der Waals surface area contributed by atoms with Gasteiger partial charge in [0.1, 0.15) is 12.0 Å². The van der Waals surface area contributed by atoms with Crippen molar-refractivity contribution in [2.24, 2.45) is 5.92 Å². The van der Waals surface area contributed by atoms with E-state index >= 15 is 0 Å². The fourth-order valence-electron chi connectivity index (χ4n) is 1.52. The van der Waals surface area contributed by atoms with Gasteiger partial charge in [-0.25, -0.2) is 4.98 Å². The third kappa shape index (κ3) is 3.82. The Morgan fingerprint density at radius 3 is 2.72 bits per heavy atom. The van der Waals surface area contributed by atoms with Crippen molar-refractivity contribution in [2.45, 2.75) is 26.3 Å². The Morgan fingerprint density at radius 2 is 2.28 bits per heavy atom. The highest BCUT2D eigenvalue weighted by Crippen LogP contribution is 2.25. The number of nitro groups is 1. The molecule has 0 radical (unpaired) electrons. The molecular weight excluding hydrogens is 258 g/mol. The van der Waals surface area contributed by atoms with Gasteiger partial charge in [0.05, 0.1) is 9.95 Å². The Labute approximate surface area is 110 Å². The van der Waals surface area contributed by atoms with E-state index in [1.807, 2.05) is 13.8 Å². The minimum Gasteiger partial charge on any atom is -0.396 e. The Balaban J connectivity index is 2.86. The lowest BCUT2D eigenvalue weighted by Crippen LogP contribution is -2.27. The summed E-state index contributed by atoms with van der Waals surface area (Å²) in [6.45, 7) is 4.07. The van der Waals surface area contributed by atoms with E-state index < -0.39 is 4.92 Å². The largest absolute Gasteiger partial charge is 0.396 e. The highest BCUT2D eigenvalue weighted by atomic mass is 35.5. The van der Waals surface area contributed by atoms with Crippen molar-refractivity contribution in [3.05, 3.63) is 27.4 Å². The van der Waals surface area contributed by atoms with Gasteiger partial charge in [0.15, 0.2) is 0 Å². The average Bonchev–Trinajstić information content (AvgIpc) is 2.30. The Hall–Kier alpha value is -1.40. The molecule has 0 aliphatic heterocycles. The SMILES string of the molecule is CC(C)C(CCO)Nc1ncc([N+](=O)[O-])cc1Cl. The number of pyridine rings is 1. The van der Waals surface area contributed by atoms with Crippen LogP contribution in [-0.4, -0.2) is 27.7 Å². The number of hydrogen-bond donors (Lipinski definition) is 2. The highest BCUT2D eigenvalue weighted by Gasteiger charge is 2.16. The first-order chi connectivity index (χ1) is 8.45. The van der Waals surface area contributed by atoms with Gasteiger partial charge in [-0.05, 0) is 12.3 Å². The number of aliphatic hydroxyl groups excluding tert-OH is 1. The summed E-state index contributed by atoms with van der Waals surface area (Å²) in [6.07, 6.45) is 1.72. The Kier molecular flexibility index (Phi) is 5.30. The molecule has 18 heavy (non-hydrogen) atoms. The second kappa shape index (κ2) is 6.51. The minimum atomic E-state index is -0.545. The van der Waals surface area contributed by atoms with Crippen LogP contribution in [0.4, 0.5) is 11.5 Å². The van der Waals surface area contributed by atoms with Gasteiger partial charge in [-0.3, -0.25) is 10.1 Å². The summed E-state index contributed by atoms with van der Waals surface area (Å²) in [4.78, 5) is 13.9. The lowest BCUT2D eigenvalue weighted by molar-refractivity contribution is -0.385. The average molecular weight is 274 g/mol. The molecule has 100 valence electrons. The van der Waals surface area contributed by atoms with Crippen molar-refractivity contribution in [2.75, 3.05) is 11.9 Å². The molecule has 2 N–H and O–H groups in total. The quantitative estimate of drug-likeness (QED) is 0.614. The van der Waals surface area contributed by atoms with E-state index in [4.69, 9.17) is 16.7 Å². The third-order valence-corrected chi connectivity index (χ3v) is 2.89. The summed E-state index contributed by atoms with van der Waals surface area (Å²) >= 11 is 5.93. The van der Waals surface area contributed by atoms with Crippen LogP contribution >= 0.6 is 11.6 Å². The number of nitrogens with one attached hydrogen (secondary N) is 1. The van der Waals surface area contributed by atoms with Crippen LogP contribution in [-0.2, 0) is 0 Å². The predicted octanol–water partition coefficient (Wildman–Crippen LogP) is 2.46. The molecule has 6 nitrogen and oxygen atoms in total. The molecule has 7 heteroatoms. The maximum absolute atomic E-state index is 10.6. The van der Waals surface area contributed by atoms with Crippen molar-refractivity contribution in [3.63, 3.8) is 0 Å². The molecule has 0 saturated carbocycles. The smallest absolute Gasteiger partial charge is 0.289 e. The molecule has 0 aliphatic carbocycles. The van der Waals surface area contributed by atoms with E-state index in [1.165, 1.54) is 6.07 Å². The normalized spacial score (nSPS) is 12.5. The molecule has 0 aromatic carbocycles. The molecule has 0 fully saturated rings. The first kappa shape index (κ1) is 14.7. The number of hydrogen-bond acceptors (Lipinski definition) is 5. The topological polar surface area (TPSA) is 88.3 Å². The molecule has 0 aliphatic rings.